The molecule has 3 amide bonds. The highest BCUT2D eigenvalue weighted by atomic mass is 35.5. The lowest BCUT2D eigenvalue weighted by molar-refractivity contribution is 0.0642. The second-order valence-electron chi connectivity index (χ2n) is 8.15. The molecule has 5 rings (SSSR count). The van der Waals surface area contributed by atoms with E-state index in [9.17, 15) is 14.4 Å². The first kappa shape index (κ1) is 22.0. The van der Waals surface area contributed by atoms with Gasteiger partial charge in [-0.1, -0.05) is 23.7 Å². The van der Waals surface area contributed by atoms with Crippen molar-refractivity contribution in [2.45, 2.75) is 19.0 Å². The van der Waals surface area contributed by atoms with Gasteiger partial charge in [-0.05, 0) is 54.1 Å². The zero-order valence-corrected chi connectivity index (χ0v) is 19.1. The molecule has 0 fully saturated rings. The van der Waals surface area contributed by atoms with E-state index in [0.717, 1.165) is 11.1 Å². The Morgan fingerprint density at radius 1 is 1.06 bits per heavy atom. The Balaban J connectivity index is 1.34. The highest BCUT2D eigenvalue weighted by molar-refractivity contribution is 6.30. The average molecular weight is 477 g/mol. The van der Waals surface area contributed by atoms with E-state index in [-0.39, 0.29) is 30.0 Å². The molecule has 0 spiro atoms. The van der Waals surface area contributed by atoms with Gasteiger partial charge in [-0.2, -0.15) is 0 Å². The molecule has 0 aliphatic carbocycles. The molecule has 0 saturated carbocycles. The molecule has 2 aliphatic rings. The monoisotopic (exact) mass is 476 g/mol. The van der Waals surface area contributed by atoms with Gasteiger partial charge in [-0.25, -0.2) is 0 Å². The standard InChI is InChI=1S/C26H21ClN2O5/c1-33-18-6-2-15(3-7-18)14-29-25(31)19-8-4-16(12-20(19)26(29)32)24(30)28-22-10-11-34-23-9-5-17(27)13-21(22)23/h2-9,12-13,22H,10-11,14H2,1H3,(H,28,30). The molecule has 0 saturated heterocycles. The quantitative estimate of drug-likeness (QED) is 0.552. The van der Waals surface area contributed by atoms with E-state index in [1.54, 1.807) is 55.6 Å². The van der Waals surface area contributed by atoms with Crippen molar-refractivity contribution in [3.05, 3.63) is 93.5 Å². The Morgan fingerprint density at radius 2 is 1.82 bits per heavy atom. The van der Waals surface area contributed by atoms with E-state index in [4.69, 9.17) is 21.1 Å². The first-order valence-corrected chi connectivity index (χ1v) is 11.2. The van der Waals surface area contributed by atoms with Crippen molar-refractivity contribution in [1.29, 1.82) is 0 Å². The number of hydrogen-bond donors (Lipinski definition) is 1. The van der Waals surface area contributed by atoms with Crippen molar-refractivity contribution in [3.63, 3.8) is 0 Å². The lowest BCUT2D eigenvalue weighted by Crippen LogP contribution is -2.32. The molecule has 7 nitrogen and oxygen atoms in total. The summed E-state index contributed by atoms with van der Waals surface area (Å²) < 4.78 is 10.8. The molecule has 3 aromatic carbocycles. The fourth-order valence-corrected chi connectivity index (χ4v) is 4.43. The van der Waals surface area contributed by atoms with Crippen molar-refractivity contribution >= 4 is 29.3 Å². The number of imide groups is 1. The Hall–Kier alpha value is -3.84. The summed E-state index contributed by atoms with van der Waals surface area (Å²) in [6.45, 7) is 0.606. The lowest BCUT2D eigenvalue weighted by atomic mass is 9.99. The van der Waals surface area contributed by atoms with Crippen LogP contribution in [0.3, 0.4) is 0 Å². The molecule has 8 heteroatoms. The van der Waals surface area contributed by atoms with Crippen LogP contribution in [0.5, 0.6) is 11.5 Å². The number of hydrogen-bond acceptors (Lipinski definition) is 5. The topological polar surface area (TPSA) is 84.9 Å². The Morgan fingerprint density at radius 3 is 2.59 bits per heavy atom. The van der Waals surface area contributed by atoms with Crippen molar-refractivity contribution in [3.8, 4) is 11.5 Å². The summed E-state index contributed by atoms with van der Waals surface area (Å²) in [4.78, 5) is 40.1. The molecule has 0 aromatic heterocycles. The Bertz CT molecular complexity index is 1310. The van der Waals surface area contributed by atoms with Crippen LogP contribution in [0.2, 0.25) is 5.02 Å². The van der Waals surface area contributed by atoms with Crippen molar-refractivity contribution in [2.24, 2.45) is 0 Å². The van der Waals surface area contributed by atoms with Crippen molar-refractivity contribution in [2.75, 3.05) is 13.7 Å². The van der Waals surface area contributed by atoms with Gasteiger partial charge in [0, 0.05) is 22.6 Å². The third kappa shape index (κ3) is 3.99. The minimum atomic E-state index is -0.423. The van der Waals surface area contributed by atoms with Gasteiger partial charge in [-0.3, -0.25) is 19.3 Å². The van der Waals surface area contributed by atoms with Crippen LogP contribution in [0.15, 0.2) is 60.7 Å². The van der Waals surface area contributed by atoms with Gasteiger partial charge < -0.3 is 14.8 Å². The number of rotatable bonds is 5. The average Bonchev–Trinajstić information content (AvgIpc) is 3.09. The zero-order chi connectivity index (χ0) is 23.8. The van der Waals surface area contributed by atoms with Gasteiger partial charge in [-0.15, -0.1) is 0 Å². The van der Waals surface area contributed by atoms with Crippen molar-refractivity contribution < 1.29 is 23.9 Å². The number of fused-ring (bicyclic) bond motifs is 2. The maximum Gasteiger partial charge on any atom is 0.261 e. The zero-order valence-electron chi connectivity index (χ0n) is 18.3. The molecular formula is C26H21ClN2O5. The van der Waals surface area contributed by atoms with E-state index in [1.807, 2.05) is 0 Å². The Kier molecular flexibility index (Phi) is 5.71. The highest BCUT2D eigenvalue weighted by Crippen LogP contribution is 2.34. The van der Waals surface area contributed by atoms with E-state index in [1.165, 1.54) is 17.0 Å². The first-order chi connectivity index (χ1) is 16.4. The maximum atomic E-state index is 13.0. The molecule has 2 heterocycles. The highest BCUT2D eigenvalue weighted by Gasteiger charge is 2.36. The number of amides is 3. The predicted octanol–water partition coefficient (Wildman–Crippen LogP) is 4.40. The number of nitrogens with one attached hydrogen (secondary N) is 1. The van der Waals surface area contributed by atoms with Crippen LogP contribution in [0, 0.1) is 0 Å². The maximum absolute atomic E-state index is 13.0. The molecule has 0 radical (unpaired) electrons. The van der Waals surface area contributed by atoms with E-state index < -0.39 is 5.91 Å². The minimum absolute atomic E-state index is 0.136. The van der Waals surface area contributed by atoms with Crippen molar-refractivity contribution in [1.82, 2.24) is 10.2 Å². The van der Waals surface area contributed by atoms with Gasteiger partial charge in [0.2, 0.25) is 0 Å². The Labute approximate surface area is 201 Å². The summed E-state index contributed by atoms with van der Waals surface area (Å²) in [6, 6.07) is 16.8. The van der Waals surface area contributed by atoms with Crippen LogP contribution in [0.1, 0.15) is 54.7 Å². The molecule has 34 heavy (non-hydrogen) atoms. The van der Waals surface area contributed by atoms with Crippen LogP contribution < -0.4 is 14.8 Å². The SMILES string of the molecule is COc1ccc(CN2C(=O)c3ccc(C(=O)NC4CCOc5ccc(Cl)cc54)cc3C2=O)cc1. The van der Waals surface area contributed by atoms with Crippen LogP contribution in [0.25, 0.3) is 0 Å². The van der Waals surface area contributed by atoms with Crippen LogP contribution in [-0.4, -0.2) is 36.3 Å². The minimum Gasteiger partial charge on any atom is -0.497 e. The number of ether oxygens (including phenoxy) is 2. The molecule has 1 N–H and O–H groups in total. The van der Waals surface area contributed by atoms with Gasteiger partial charge in [0.1, 0.15) is 11.5 Å². The molecule has 3 aromatic rings. The molecule has 1 unspecified atom stereocenters. The summed E-state index contributed by atoms with van der Waals surface area (Å²) in [5.74, 6) is 0.236. The number of nitrogens with zero attached hydrogens (tertiary/aromatic N) is 1. The smallest absolute Gasteiger partial charge is 0.261 e. The van der Waals surface area contributed by atoms with E-state index >= 15 is 0 Å². The molecule has 2 aliphatic heterocycles. The third-order valence-corrected chi connectivity index (χ3v) is 6.28. The predicted molar refractivity (Wildman–Crippen MR) is 125 cm³/mol. The number of benzene rings is 3. The van der Waals surface area contributed by atoms with Crippen LogP contribution in [-0.2, 0) is 6.54 Å². The summed E-state index contributed by atoms with van der Waals surface area (Å²) in [5, 5.41) is 3.56. The van der Waals surface area contributed by atoms with Crippen LogP contribution in [0.4, 0.5) is 0 Å². The van der Waals surface area contributed by atoms with E-state index in [2.05, 4.69) is 5.32 Å². The number of methoxy groups -OCH3 is 1. The van der Waals surface area contributed by atoms with Crippen LogP contribution >= 0.6 is 11.6 Å². The fraction of sp³-hybridized carbons (Fsp3) is 0.192. The molecule has 0 bridgehead atoms. The third-order valence-electron chi connectivity index (χ3n) is 6.05. The summed E-state index contributed by atoms with van der Waals surface area (Å²) in [6.07, 6.45) is 0.594. The van der Waals surface area contributed by atoms with Gasteiger partial charge in [0.05, 0.1) is 37.4 Å². The number of carbonyl (C=O) groups excluding carboxylic acids is 3. The summed E-state index contributed by atoms with van der Waals surface area (Å²) in [7, 11) is 1.57. The van der Waals surface area contributed by atoms with Gasteiger partial charge >= 0.3 is 0 Å². The molecular weight excluding hydrogens is 456 g/mol. The van der Waals surface area contributed by atoms with Gasteiger partial charge in [0.25, 0.3) is 17.7 Å². The first-order valence-electron chi connectivity index (χ1n) is 10.8. The van der Waals surface area contributed by atoms with E-state index in [0.29, 0.717) is 40.7 Å². The summed E-state index contributed by atoms with van der Waals surface area (Å²) in [5.41, 5.74) is 2.43. The van der Waals surface area contributed by atoms with Gasteiger partial charge in [0.15, 0.2) is 0 Å². The second-order valence-corrected chi connectivity index (χ2v) is 8.59. The normalized spacial score (nSPS) is 16.5. The number of halogens is 1. The summed E-state index contributed by atoms with van der Waals surface area (Å²) >= 11 is 6.13. The number of carbonyl (C=O) groups is 3. The molecule has 172 valence electrons. The fourth-order valence-electron chi connectivity index (χ4n) is 4.25. The largest absolute Gasteiger partial charge is 0.497 e. The second kappa shape index (κ2) is 8.83. The molecule has 1 atom stereocenters. The lowest BCUT2D eigenvalue weighted by Gasteiger charge is -2.27.